The lowest BCUT2D eigenvalue weighted by Gasteiger charge is -2.30. The molecule has 2 aromatic rings. The summed E-state index contributed by atoms with van der Waals surface area (Å²) in [5, 5.41) is 14.6. The second-order valence-corrected chi connectivity index (χ2v) is 6.80. The molecule has 9 heteroatoms. The highest BCUT2D eigenvalue weighted by atomic mass is 19.1. The highest BCUT2D eigenvalue weighted by Gasteiger charge is 2.21. The van der Waals surface area contributed by atoms with E-state index in [-0.39, 0.29) is 12.2 Å². The fourth-order valence-corrected chi connectivity index (χ4v) is 3.12. The molecule has 0 aliphatic carbocycles. The fourth-order valence-electron chi connectivity index (χ4n) is 3.12. The van der Waals surface area contributed by atoms with Gasteiger partial charge in [0, 0.05) is 18.8 Å². The summed E-state index contributed by atoms with van der Waals surface area (Å²) in [5.41, 5.74) is 11.0. The Hall–Kier alpha value is -3.62. The number of anilines is 1. The van der Waals surface area contributed by atoms with Crippen molar-refractivity contribution < 1.29 is 13.6 Å². The van der Waals surface area contributed by atoms with Crippen LogP contribution in [-0.4, -0.2) is 30.2 Å². The van der Waals surface area contributed by atoms with Gasteiger partial charge in [0.25, 0.3) is 0 Å². The molecule has 0 saturated carbocycles. The quantitative estimate of drug-likeness (QED) is 0.130. The van der Waals surface area contributed by atoms with Gasteiger partial charge in [0.1, 0.15) is 11.6 Å². The molecule has 0 amide bonds. The molecule has 2 aromatic carbocycles. The average molecular weight is 414 g/mol. The summed E-state index contributed by atoms with van der Waals surface area (Å²) in [6.45, 7) is 5.60. The number of guanidine groups is 1. The Bertz CT molecular complexity index is 983. The molecule has 1 heterocycles. The van der Waals surface area contributed by atoms with Crippen molar-refractivity contribution in [1.29, 1.82) is 5.41 Å². The smallest absolute Gasteiger partial charge is 0.239 e. The topological polar surface area (TPSA) is 121 Å². The van der Waals surface area contributed by atoms with Gasteiger partial charge in [0.05, 0.1) is 5.56 Å². The van der Waals surface area contributed by atoms with Crippen LogP contribution in [0.2, 0.25) is 0 Å². The zero-order chi connectivity index (χ0) is 22.3. The highest BCUT2D eigenvalue weighted by molar-refractivity contribution is 5.82. The van der Waals surface area contributed by atoms with Crippen LogP contribution in [0.25, 0.3) is 5.57 Å². The largest absolute Gasteiger partial charge is 0.399 e. The number of halogens is 2. The normalized spacial score (nSPS) is 13.8. The summed E-state index contributed by atoms with van der Waals surface area (Å²) in [4.78, 5) is 11.8. The zero-order valence-corrected chi connectivity index (χ0v) is 16.8. The molecule has 158 valence electrons. The molecule has 5 N–H and O–H groups in total. The number of benzene rings is 2. The second kappa shape index (κ2) is 10.2. The van der Waals surface area contributed by atoms with Gasteiger partial charge >= 0.3 is 0 Å². The van der Waals surface area contributed by atoms with Crippen molar-refractivity contribution in [3.05, 3.63) is 70.3 Å². The van der Waals surface area contributed by atoms with Crippen molar-refractivity contribution in [3.8, 4) is 0 Å². The summed E-state index contributed by atoms with van der Waals surface area (Å²) < 4.78 is 24.8. The van der Waals surface area contributed by atoms with Gasteiger partial charge in [-0.1, -0.05) is 28.0 Å². The number of nitrogens with one attached hydrogen (secondary N) is 1. The number of aryl methyl sites for hydroxylation is 1. The van der Waals surface area contributed by atoms with Crippen molar-refractivity contribution in [2.45, 2.75) is 20.3 Å². The zero-order valence-electron chi connectivity index (χ0n) is 16.8. The third-order valence-electron chi connectivity index (χ3n) is 4.77. The molecule has 7 nitrogen and oxygen atoms in total. The van der Waals surface area contributed by atoms with Crippen LogP contribution < -0.4 is 11.6 Å². The van der Waals surface area contributed by atoms with Crippen LogP contribution in [0.15, 0.2) is 52.3 Å². The van der Waals surface area contributed by atoms with E-state index in [1.165, 1.54) is 22.8 Å². The number of hydrogen-bond acceptors (Lipinski definition) is 4. The number of hydrogen-bond donors (Lipinski definition) is 3. The van der Waals surface area contributed by atoms with E-state index in [0.717, 1.165) is 36.3 Å². The van der Waals surface area contributed by atoms with Crippen LogP contribution >= 0.6 is 0 Å². The van der Waals surface area contributed by atoms with E-state index >= 15 is 0 Å². The number of nitrogen functional groups attached to an aromatic ring is 1. The van der Waals surface area contributed by atoms with E-state index in [1.807, 2.05) is 23.1 Å². The minimum atomic E-state index is -0.824. The van der Waals surface area contributed by atoms with E-state index < -0.39 is 17.2 Å². The van der Waals surface area contributed by atoms with Crippen molar-refractivity contribution in [1.82, 2.24) is 4.90 Å². The van der Waals surface area contributed by atoms with Crippen molar-refractivity contribution >= 4 is 23.5 Å². The second-order valence-electron chi connectivity index (χ2n) is 6.80. The standard InChI is InChI=1S/C14H20N6.C7H4F2O/c1-9-5-6-20(14(16)18-19-17)8-13(9)12-4-3-11(15)7-10(12)2;8-6-2-1-3-7(9)5(6)4-10/h3-4,7H,5-6,8,15H2,1-2H3,(H3,16,17,18);1-4H. The molecule has 0 aromatic heterocycles. The minimum Gasteiger partial charge on any atom is -0.399 e. The molecule has 3 rings (SSSR count). The van der Waals surface area contributed by atoms with Gasteiger partial charge in [-0.15, -0.1) is 0 Å². The maximum Gasteiger partial charge on any atom is 0.239 e. The summed E-state index contributed by atoms with van der Waals surface area (Å²) in [7, 11) is 0. The first-order valence-electron chi connectivity index (χ1n) is 9.17. The van der Waals surface area contributed by atoms with Crippen LogP contribution in [0, 0.1) is 24.0 Å². The molecule has 0 bridgehead atoms. The number of nitrogens with zero attached hydrogens (tertiary/aromatic N) is 3. The first kappa shape index (κ1) is 22.7. The van der Waals surface area contributed by atoms with E-state index in [1.54, 1.807) is 0 Å². The van der Waals surface area contributed by atoms with Gasteiger partial charge in [-0.25, -0.2) is 8.78 Å². The van der Waals surface area contributed by atoms with Gasteiger partial charge in [0.2, 0.25) is 5.96 Å². The SMILES string of the molecule is CC1=C(c2ccc(N)cc2C)CN(C(=N)/N=N\N)CC1.O=Cc1c(F)cccc1F. The van der Waals surface area contributed by atoms with Crippen molar-refractivity contribution in [3.63, 3.8) is 0 Å². The van der Waals surface area contributed by atoms with Crippen LogP contribution in [0.5, 0.6) is 0 Å². The third-order valence-corrected chi connectivity index (χ3v) is 4.77. The van der Waals surface area contributed by atoms with Crippen molar-refractivity contribution in [2.75, 3.05) is 18.8 Å². The Morgan fingerprint density at radius 2 is 1.87 bits per heavy atom. The first-order valence-corrected chi connectivity index (χ1v) is 9.17. The van der Waals surface area contributed by atoms with Crippen molar-refractivity contribution in [2.24, 2.45) is 16.2 Å². The molecule has 0 radical (unpaired) electrons. The van der Waals surface area contributed by atoms with E-state index in [9.17, 15) is 13.6 Å². The van der Waals surface area contributed by atoms with E-state index in [4.69, 9.17) is 17.0 Å². The fraction of sp³-hybridized carbons (Fsp3) is 0.238. The molecule has 0 saturated heterocycles. The van der Waals surface area contributed by atoms with Gasteiger partial charge in [-0.3, -0.25) is 10.2 Å². The molecule has 0 fully saturated rings. The number of aldehydes is 1. The molecule has 0 unspecified atom stereocenters. The lowest BCUT2D eigenvalue weighted by Crippen LogP contribution is -2.35. The minimum absolute atomic E-state index is 0.102. The molecular weight excluding hydrogens is 390 g/mol. The maximum absolute atomic E-state index is 12.4. The summed E-state index contributed by atoms with van der Waals surface area (Å²) in [6.07, 6.45) is 1.06. The molecule has 0 spiro atoms. The Morgan fingerprint density at radius 3 is 2.40 bits per heavy atom. The molecule has 0 atom stereocenters. The Kier molecular flexibility index (Phi) is 7.74. The number of carbonyl (C=O) groups excluding carboxylic acids is 1. The van der Waals surface area contributed by atoms with Crippen LogP contribution in [0.1, 0.15) is 34.8 Å². The number of carbonyl (C=O) groups is 1. The lowest BCUT2D eigenvalue weighted by molar-refractivity contribution is 0.111. The van der Waals surface area contributed by atoms with Gasteiger partial charge in [0.15, 0.2) is 6.29 Å². The van der Waals surface area contributed by atoms with Gasteiger partial charge in [-0.05, 0) is 61.2 Å². The van der Waals surface area contributed by atoms with Crippen LogP contribution in [0.3, 0.4) is 0 Å². The summed E-state index contributed by atoms with van der Waals surface area (Å²) >= 11 is 0. The summed E-state index contributed by atoms with van der Waals surface area (Å²) in [6, 6.07) is 9.20. The summed E-state index contributed by atoms with van der Waals surface area (Å²) in [5.74, 6) is 3.47. The molecule has 1 aliphatic rings. The van der Waals surface area contributed by atoms with Gasteiger partial charge < -0.3 is 16.5 Å². The van der Waals surface area contributed by atoms with Crippen LogP contribution in [-0.2, 0) is 0 Å². The number of rotatable bonds is 2. The highest BCUT2D eigenvalue weighted by Crippen LogP contribution is 2.29. The first-order chi connectivity index (χ1) is 14.3. The Morgan fingerprint density at radius 1 is 1.20 bits per heavy atom. The monoisotopic (exact) mass is 414 g/mol. The third kappa shape index (κ3) is 5.47. The number of nitrogens with two attached hydrogens (primary N) is 2. The maximum atomic E-state index is 12.4. The predicted octanol–water partition coefficient (Wildman–Crippen LogP) is 4.09. The van der Waals surface area contributed by atoms with Crippen LogP contribution in [0.4, 0.5) is 14.5 Å². The average Bonchev–Trinajstić information content (AvgIpc) is 2.70. The Labute approximate surface area is 173 Å². The van der Waals surface area contributed by atoms with E-state index in [0.29, 0.717) is 6.54 Å². The Balaban J connectivity index is 0.000000269. The molecule has 30 heavy (non-hydrogen) atoms. The predicted molar refractivity (Wildman–Crippen MR) is 113 cm³/mol. The molecular formula is C21H24F2N6O. The van der Waals surface area contributed by atoms with Gasteiger partial charge in [-0.2, -0.15) is 0 Å². The van der Waals surface area contributed by atoms with E-state index in [2.05, 4.69) is 24.2 Å². The lowest BCUT2D eigenvalue weighted by atomic mass is 9.92. The molecule has 1 aliphatic heterocycles.